The minimum absolute atomic E-state index is 0.602. The molecule has 0 amide bonds. The second-order valence-corrected chi connectivity index (χ2v) is 14.3. The highest BCUT2D eigenvalue weighted by Gasteiger charge is 2.24. The highest BCUT2D eigenvalue weighted by Crippen LogP contribution is 2.48. The summed E-state index contributed by atoms with van der Waals surface area (Å²) in [5.74, 6) is 0.602. The fourth-order valence-corrected chi connectivity index (χ4v) is 9.20. The number of thiophene rings is 1. The Hall–Kier alpha value is -6.69. The van der Waals surface area contributed by atoms with Gasteiger partial charge >= 0.3 is 0 Å². The Bertz CT molecular complexity index is 3120. The van der Waals surface area contributed by atoms with Crippen LogP contribution in [-0.2, 0) is 0 Å². The van der Waals surface area contributed by atoms with Crippen molar-refractivity contribution in [3.63, 3.8) is 0 Å². The van der Waals surface area contributed by atoms with Gasteiger partial charge < -0.3 is 0 Å². The number of hydrogen-bond acceptors (Lipinski definition) is 4. The number of pyridine rings is 1. The molecule has 4 aromatic heterocycles. The van der Waals surface area contributed by atoms with Crippen LogP contribution in [0.15, 0.2) is 170 Å². The molecule has 0 aliphatic heterocycles. The zero-order valence-corrected chi connectivity index (χ0v) is 28.7. The summed E-state index contributed by atoms with van der Waals surface area (Å²) < 4.78 is 4.82. The Balaban J connectivity index is 1.29. The molecular formula is C47H28N4S. The molecule has 0 fully saturated rings. The molecule has 0 N–H and O–H groups in total. The summed E-state index contributed by atoms with van der Waals surface area (Å²) in [5, 5.41) is 8.27. The molecular weight excluding hydrogens is 653 g/mol. The maximum absolute atomic E-state index is 5.55. The van der Waals surface area contributed by atoms with Crippen LogP contribution in [-0.4, -0.2) is 19.5 Å². The molecule has 0 saturated heterocycles. The Kier molecular flexibility index (Phi) is 6.39. The van der Waals surface area contributed by atoms with Crippen molar-refractivity contribution in [2.45, 2.75) is 0 Å². The summed E-state index contributed by atoms with van der Waals surface area (Å²) in [7, 11) is 0. The molecule has 0 aliphatic rings. The predicted octanol–water partition coefficient (Wildman–Crippen LogP) is 12.6. The van der Waals surface area contributed by atoms with E-state index in [-0.39, 0.29) is 0 Å². The average Bonchev–Trinajstić information content (AvgIpc) is 3.78. The molecule has 0 aliphatic carbocycles. The Morgan fingerprint density at radius 2 is 1.04 bits per heavy atom. The number of benzene rings is 7. The van der Waals surface area contributed by atoms with Gasteiger partial charge in [-0.2, -0.15) is 4.98 Å². The van der Waals surface area contributed by atoms with Crippen molar-refractivity contribution in [2.24, 2.45) is 0 Å². The summed E-state index contributed by atoms with van der Waals surface area (Å²) in [6.07, 6.45) is 1.82. The molecule has 0 unspecified atom stereocenters. The summed E-state index contributed by atoms with van der Waals surface area (Å²) in [5.41, 5.74) is 9.27. The lowest BCUT2D eigenvalue weighted by Gasteiger charge is -2.14. The van der Waals surface area contributed by atoms with Gasteiger partial charge in [0.2, 0.25) is 5.95 Å². The van der Waals surface area contributed by atoms with Crippen molar-refractivity contribution in [3.8, 4) is 39.5 Å². The van der Waals surface area contributed by atoms with Crippen LogP contribution in [0.25, 0.3) is 103 Å². The van der Waals surface area contributed by atoms with E-state index in [0.717, 1.165) is 49.9 Å². The maximum atomic E-state index is 5.55. The van der Waals surface area contributed by atoms with E-state index in [1.807, 2.05) is 23.6 Å². The second kappa shape index (κ2) is 11.4. The van der Waals surface area contributed by atoms with Gasteiger partial charge in [-0.1, -0.05) is 121 Å². The third-order valence-electron chi connectivity index (χ3n) is 10.2. The smallest absolute Gasteiger partial charge is 0.237 e. The highest BCUT2D eigenvalue weighted by atomic mass is 32.1. The van der Waals surface area contributed by atoms with Gasteiger partial charge in [-0.3, -0.25) is 4.57 Å². The third kappa shape index (κ3) is 4.36. The van der Waals surface area contributed by atoms with Crippen LogP contribution >= 0.6 is 11.3 Å². The first-order valence-corrected chi connectivity index (χ1v) is 18.3. The lowest BCUT2D eigenvalue weighted by Crippen LogP contribution is -2.04. The summed E-state index contributed by atoms with van der Waals surface area (Å²) in [4.78, 5) is 15.7. The van der Waals surface area contributed by atoms with Gasteiger partial charge in [0.05, 0.1) is 16.7 Å². The van der Waals surface area contributed by atoms with Crippen molar-refractivity contribution >= 4 is 75.1 Å². The predicted molar refractivity (Wildman–Crippen MR) is 218 cm³/mol. The molecule has 7 aromatic carbocycles. The van der Waals surface area contributed by atoms with Crippen LogP contribution in [0.2, 0.25) is 0 Å². The molecule has 11 aromatic rings. The molecule has 0 radical (unpaired) electrons. The van der Waals surface area contributed by atoms with E-state index in [1.54, 1.807) is 0 Å². The number of aromatic nitrogens is 4. The minimum atomic E-state index is 0.602. The Morgan fingerprint density at radius 3 is 1.79 bits per heavy atom. The van der Waals surface area contributed by atoms with Gasteiger partial charge in [-0.15, -0.1) is 11.3 Å². The molecule has 0 atom stereocenters. The maximum Gasteiger partial charge on any atom is 0.237 e. The van der Waals surface area contributed by atoms with Crippen molar-refractivity contribution in [1.82, 2.24) is 19.5 Å². The summed E-state index contributed by atoms with van der Waals surface area (Å²) >= 11 is 1.85. The van der Waals surface area contributed by atoms with Crippen molar-refractivity contribution < 1.29 is 0 Å². The van der Waals surface area contributed by atoms with Gasteiger partial charge in [-0.05, 0) is 70.1 Å². The normalized spacial score (nSPS) is 11.8. The van der Waals surface area contributed by atoms with Crippen molar-refractivity contribution in [1.29, 1.82) is 0 Å². The first-order chi connectivity index (χ1) is 25.8. The van der Waals surface area contributed by atoms with Crippen LogP contribution in [0.3, 0.4) is 0 Å². The first-order valence-electron chi connectivity index (χ1n) is 17.4. The molecule has 4 heterocycles. The summed E-state index contributed by atoms with van der Waals surface area (Å²) in [6.45, 7) is 0. The lowest BCUT2D eigenvalue weighted by molar-refractivity contribution is 1.01. The fraction of sp³-hybridized carbons (Fsp3) is 0. The number of rotatable bonds is 4. The van der Waals surface area contributed by atoms with Crippen molar-refractivity contribution in [3.05, 3.63) is 170 Å². The molecule has 242 valence electrons. The number of hydrogen-bond donors (Lipinski definition) is 0. The third-order valence-corrected chi connectivity index (χ3v) is 11.4. The zero-order valence-electron chi connectivity index (χ0n) is 27.9. The van der Waals surface area contributed by atoms with E-state index >= 15 is 0 Å². The van der Waals surface area contributed by atoms with Gasteiger partial charge in [0.25, 0.3) is 0 Å². The van der Waals surface area contributed by atoms with E-state index in [1.165, 1.54) is 41.7 Å². The second-order valence-electron chi connectivity index (χ2n) is 13.2. The summed E-state index contributed by atoms with van der Waals surface area (Å²) in [6, 6.07) is 58.2. The molecule has 52 heavy (non-hydrogen) atoms. The van der Waals surface area contributed by atoms with Crippen LogP contribution < -0.4 is 0 Å². The number of fused-ring (bicyclic) bond motifs is 11. The van der Waals surface area contributed by atoms with Crippen molar-refractivity contribution in [2.75, 3.05) is 0 Å². The van der Waals surface area contributed by atoms with E-state index < -0.39 is 0 Å². The molecule has 0 saturated carbocycles. The van der Waals surface area contributed by atoms with Crippen LogP contribution in [0.1, 0.15) is 0 Å². The SMILES string of the molecule is c1ccc(-c2cc(-c3ccccc3)cc(-c3nc(-n4c5ccccc5c5c6ccccc6c6sc7ccccc7c6c54)nc4ncccc34)c2)cc1. The zero-order chi connectivity index (χ0) is 34.2. The minimum Gasteiger partial charge on any atom is -0.277 e. The Labute approximate surface area is 302 Å². The molecule has 5 heteroatoms. The molecule has 4 nitrogen and oxygen atoms in total. The fourth-order valence-electron chi connectivity index (χ4n) is 7.96. The quantitative estimate of drug-likeness (QED) is 0.186. The van der Waals surface area contributed by atoms with Gasteiger partial charge in [-0.25, -0.2) is 9.97 Å². The van der Waals surface area contributed by atoms with E-state index in [9.17, 15) is 0 Å². The molecule has 0 spiro atoms. The Morgan fingerprint density at radius 1 is 0.442 bits per heavy atom. The molecule has 0 bridgehead atoms. The molecule has 11 rings (SSSR count). The lowest BCUT2D eigenvalue weighted by atomic mass is 9.94. The van der Waals surface area contributed by atoms with Crippen LogP contribution in [0.5, 0.6) is 0 Å². The van der Waals surface area contributed by atoms with Gasteiger partial charge in [0, 0.05) is 53.5 Å². The van der Waals surface area contributed by atoms with E-state index in [2.05, 4.69) is 162 Å². The average molecular weight is 681 g/mol. The largest absolute Gasteiger partial charge is 0.277 e. The monoisotopic (exact) mass is 680 g/mol. The van der Waals surface area contributed by atoms with Gasteiger partial charge in [0.1, 0.15) is 0 Å². The van der Waals surface area contributed by atoms with E-state index in [4.69, 9.17) is 15.0 Å². The number of para-hydroxylation sites is 1. The highest BCUT2D eigenvalue weighted by molar-refractivity contribution is 7.27. The van der Waals surface area contributed by atoms with Gasteiger partial charge in [0.15, 0.2) is 5.65 Å². The topological polar surface area (TPSA) is 43.6 Å². The van der Waals surface area contributed by atoms with Crippen LogP contribution in [0.4, 0.5) is 0 Å². The number of nitrogens with zero attached hydrogens (tertiary/aromatic N) is 4. The van der Waals surface area contributed by atoms with Crippen LogP contribution in [0, 0.1) is 0 Å². The first kappa shape index (κ1) is 29.1. The standard InChI is InChI=1S/C47H28N4S/c1-3-14-29(15-4-1)31-26-32(30-16-5-2-6-17-30)28-33(27-31)43-38-22-13-25-48-46(38)50-47(49-43)51-39-23-11-9-20-36(39)41-34-18-7-8-19-35(34)45-42(44(41)51)37-21-10-12-24-40(37)52-45/h1-28H. The van der Waals surface area contributed by atoms with E-state index in [0.29, 0.717) is 11.6 Å².